The van der Waals surface area contributed by atoms with Crippen molar-refractivity contribution in [2.75, 3.05) is 18.9 Å². The first-order valence-corrected chi connectivity index (χ1v) is 10.0. The molecular weight excluding hydrogens is 370 g/mol. The summed E-state index contributed by atoms with van der Waals surface area (Å²) in [6.45, 7) is 5.46. The molecule has 0 radical (unpaired) electrons. The number of fused-ring (bicyclic) bond motifs is 1. The maximum absolute atomic E-state index is 12.5. The number of carbonyl (C=O) groups is 1. The van der Waals surface area contributed by atoms with Crippen LogP contribution >= 0.6 is 23.4 Å². The van der Waals surface area contributed by atoms with Gasteiger partial charge in [0, 0.05) is 17.1 Å². The summed E-state index contributed by atoms with van der Waals surface area (Å²) in [5.74, 6) is 1.09. The van der Waals surface area contributed by atoms with E-state index >= 15 is 0 Å². The number of hydrogen-bond donors (Lipinski definition) is 1. The van der Waals surface area contributed by atoms with Gasteiger partial charge in [-0.2, -0.15) is 0 Å². The predicted molar refractivity (Wildman–Crippen MR) is 107 cm³/mol. The predicted octanol–water partition coefficient (Wildman–Crippen LogP) is 4.58. The minimum absolute atomic E-state index is 0.0864. The number of phenols is 1. The number of carbonyl (C=O) groups excluding carboxylic acids is 1. The molecule has 1 N–H and O–H groups in total. The van der Waals surface area contributed by atoms with Crippen LogP contribution in [-0.2, 0) is 11.3 Å². The van der Waals surface area contributed by atoms with Crippen LogP contribution in [0.25, 0.3) is 11.1 Å². The molecule has 0 aromatic heterocycles. The summed E-state index contributed by atoms with van der Waals surface area (Å²) in [4.78, 5) is 14.3. The van der Waals surface area contributed by atoms with Crippen molar-refractivity contribution < 1.29 is 14.6 Å². The van der Waals surface area contributed by atoms with Crippen LogP contribution in [0.1, 0.15) is 19.4 Å². The molecule has 0 saturated carbocycles. The Labute approximate surface area is 163 Å². The molecule has 2 aromatic rings. The van der Waals surface area contributed by atoms with Crippen molar-refractivity contribution in [2.45, 2.75) is 25.6 Å². The van der Waals surface area contributed by atoms with E-state index in [1.54, 1.807) is 22.7 Å². The lowest BCUT2D eigenvalue weighted by Crippen LogP contribution is -2.34. The van der Waals surface area contributed by atoms with Crippen molar-refractivity contribution in [1.29, 1.82) is 0 Å². The maximum atomic E-state index is 12.5. The fraction of sp³-hybridized carbons (Fsp3) is 0.350. The molecule has 0 saturated heterocycles. The van der Waals surface area contributed by atoms with Crippen LogP contribution in [0, 0.1) is 0 Å². The number of hydrogen-bond acceptors (Lipinski definition) is 4. The smallest absolute Gasteiger partial charge is 0.232 e. The molecule has 2 aromatic carbocycles. The zero-order chi connectivity index (χ0) is 18.7. The highest BCUT2D eigenvalue weighted by atomic mass is 35.5. The number of ether oxygens (including phenoxy) is 1. The van der Waals surface area contributed by atoms with Crippen LogP contribution in [0.15, 0.2) is 36.4 Å². The Morgan fingerprint density at radius 3 is 2.85 bits per heavy atom. The van der Waals surface area contributed by atoms with Gasteiger partial charge in [-0.15, -0.1) is 11.8 Å². The minimum atomic E-state index is 0.0864. The molecule has 1 aliphatic heterocycles. The van der Waals surface area contributed by atoms with Gasteiger partial charge in [-0.25, -0.2) is 0 Å². The molecule has 26 heavy (non-hydrogen) atoms. The first-order chi connectivity index (χ1) is 12.4. The number of nitrogens with zero attached hydrogens (tertiary/aromatic N) is 1. The lowest BCUT2D eigenvalue weighted by atomic mass is 10.0. The number of aromatic hydroxyl groups is 1. The first-order valence-electron chi connectivity index (χ1n) is 8.58. The molecule has 6 heteroatoms. The topological polar surface area (TPSA) is 49.8 Å². The van der Waals surface area contributed by atoms with Crippen molar-refractivity contribution >= 4 is 29.3 Å². The van der Waals surface area contributed by atoms with Crippen LogP contribution in [-0.4, -0.2) is 40.1 Å². The standard InChI is InChI=1S/C20H22ClNO3S/c1-13(2)26-12-19(24)22-6-7-25-20-16(11-22)8-15(10-18(20)23)14-4-3-5-17(21)9-14/h3-5,8-10,13,23H,6-7,11-12H2,1-2H3. The van der Waals surface area contributed by atoms with E-state index in [1.807, 2.05) is 30.3 Å². The third kappa shape index (κ3) is 4.46. The molecule has 0 atom stereocenters. The lowest BCUT2D eigenvalue weighted by Gasteiger charge is -2.20. The van der Waals surface area contributed by atoms with E-state index in [4.69, 9.17) is 16.3 Å². The highest BCUT2D eigenvalue weighted by Gasteiger charge is 2.23. The summed E-state index contributed by atoms with van der Waals surface area (Å²) in [7, 11) is 0. The number of thioether (sulfide) groups is 1. The molecule has 1 aliphatic rings. The zero-order valence-corrected chi connectivity index (χ0v) is 16.4. The van der Waals surface area contributed by atoms with Gasteiger partial charge >= 0.3 is 0 Å². The Bertz CT molecular complexity index is 810. The first kappa shape index (κ1) is 18.9. The van der Waals surface area contributed by atoms with E-state index in [1.165, 1.54) is 0 Å². The van der Waals surface area contributed by atoms with E-state index in [0.717, 1.165) is 16.7 Å². The summed E-state index contributed by atoms with van der Waals surface area (Å²) in [6.07, 6.45) is 0. The Morgan fingerprint density at radius 1 is 1.31 bits per heavy atom. The fourth-order valence-corrected chi connectivity index (χ4v) is 3.72. The van der Waals surface area contributed by atoms with E-state index in [2.05, 4.69) is 13.8 Å². The zero-order valence-electron chi connectivity index (χ0n) is 14.9. The van der Waals surface area contributed by atoms with Gasteiger partial charge in [0.2, 0.25) is 5.91 Å². The van der Waals surface area contributed by atoms with Gasteiger partial charge < -0.3 is 14.7 Å². The van der Waals surface area contributed by atoms with Crippen LogP contribution in [0.5, 0.6) is 11.5 Å². The molecule has 4 nitrogen and oxygen atoms in total. The molecule has 0 spiro atoms. The normalized spacial score (nSPS) is 13.9. The number of rotatable bonds is 4. The Balaban J connectivity index is 1.88. The van der Waals surface area contributed by atoms with Crippen molar-refractivity contribution in [3.63, 3.8) is 0 Å². The van der Waals surface area contributed by atoms with Crippen molar-refractivity contribution in [3.8, 4) is 22.6 Å². The summed E-state index contributed by atoms with van der Waals surface area (Å²) < 4.78 is 5.72. The molecule has 3 rings (SSSR count). The minimum Gasteiger partial charge on any atom is -0.504 e. The second kappa shape index (κ2) is 8.23. The lowest BCUT2D eigenvalue weighted by molar-refractivity contribution is -0.129. The van der Waals surface area contributed by atoms with Crippen molar-refractivity contribution in [1.82, 2.24) is 4.90 Å². The molecule has 0 unspecified atom stereocenters. The third-order valence-electron chi connectivity index (χ3n) is 4.17. The molecule has 1 heterocycles. The summed E-state index contributed by atoms with van der Waals surface area (Å²) >= 11 is 7.72. The van der Waals surface area contributed by atoms with Gasteiger partial charge in [0.05, 0.1) is 12.3 Å². The Hall–Kier alpha value is -1.85. The van der Waals surface area contributed by atoms with Gasteiger partial charge in [-0.3, -0.25) is 4.79 Å². The Morgan fingerprint density at radius 2 is 2.12 bits per heavy atom. The van der Waals surface area contributed by atoms with Gasteiger partial charge in [0.15, 0.2) is 11.5 Å². The highest BCUT2D eigenvalue weighted by molar-refractivity contribution is 8.00. The second-order valence-electron chi connectivity index (χ2n) is 6.52. The largest absolute Gasteiger partial charge is 0.504 e. The van der Waals surface area contributed by atoms with Crippen molar-refractivity contribution in [3.05, 3.63) is 47.0 Å². The number of halogens is 1. The SMILES string of the molecule is CC(C)SCC(=O)N1CCOc2c(O)cc(-c3cccc(Cl)c3)cc2C1. The summed E-state index contributed by atoms with van der Waals surface area (Å²) in [6, 6.07) is 11.1. The molecule has 0 fully saturated rings. The Kier molecular flexibility index (Phi) is 5.99. The summed E-state index contributed by atoms with van der Waals surface area (Å²) in [5, 5.41) is 11.5. The highest BCUT2D eigenvalue weighted by Crippen LogP contribution is 2.38. The van der Waals surface area contributed by atoms with Crippen LogP contribution in [0.4, 0.5) is 0 Å². The molecule has 0 aliphatic carbocycles. The second-order valence-corrected chi connectivity index (χ2v) is 8.52. The van der Waals surface area contributed by atoms with Crippen LogP contribution in [0.2, 0.25) is 5.02 Å². The average molecular weight is 392 g/mol. The fourth-order valence-electron chi connectivity index (χ4n) is 2.88. The van der Waals surface area contributed by atoms with E-state index in [-0.39, 0.29) is 11.7 Å². The number of phenolic OH excluding ortho intramolecular Hbond substituents is 1. The van der Waals surface area contributed by atoms with E-state index in [9.17, 15) is 9.90 Å². The van der Waals surface area contributed by atoms with Gasteiger partial charge in [-0.05, 0) is 40.6 Å². The molecule has 0 bridgehead atoms. The van der Waals surface area contributed by atoms with Gasteiger partial charge in [0.1, 0.15) is 6.61 Å². The quantitative estimate of drug-likeness (QED) is 0.829. The maximum Gasteiger partial charge on any atom is 0.232 e. The molecule has 1 amide bonds. The van der Waals surface area contributed by atoms with Gasteiger partial charge in [0.25, 0.3) is 0 Å². The van der Waals surface area contributed by atoms with Gasteiger partial charge in [-0.1, -0.05) is 37.6 Å². The molecular formula is C20H22ClNO3S. The van der Waals surface area contributed by atoms with E-state index in [0.29, 0.717) is 41.5 Å². The summed E-state index contributed by atoms with van der Waals surface area (Å²) in [5.41, 5.74) is 2.56. The van der Waals surface area contributed by atoms with Crippen molar-refractivity contribution in [2.24, 2.45) is 0 Å². The van der Waals surface area contributed by atoms with E-state index < -0.39 is 0 Å². The van der Waals surface area contributed by atoms with Crippen LogP contribution < -0.4 is 4.74 Å². The molecule has 138 valence electrons. The number of benzene rings is 2. The average Bonchev–Trinajstić information content (AvgIpc) is 2.82. The van der Waals surface area contributed by atoms with Crippen LogP contribution in [0.3, 0.4) is 0 Å². The number of amides is 1. The monoisotopic (exact) mass is 391 g/mol. The third-order valence-corrected chi connectivity index (χ3v) is 5.48.